The predicted molar refractivity (Wildman–Crippen MR) is 67.1 cm³/mol. The van der Waals surface area contributed by atoms with Gasteiger partial charge in [-0.05, 0) is 30.4 Å². The van der Waals surface area contributed by atoms with Crippen molar-refractivity contribution in [2.75, 3.05) is 6.54 Å². The number of hydrogen-bond donors (Lipinski definition) is 2. The summed E-state index contributed by atoms with van der Waals surface area (Å²) in [5.74, 6) is -0.582. The fourth-order valence-electron chi connectivity index (χ4n) is 2.44. The average molecular weight is 269 g/mol. The highest BCUT2D eigenvalue weighted by atomic mass is 19.3. The smallest absolute Gasteiger partial charge is 0.265 e. The van der Waals surface area contributed by atoms with E-state index in [0.717, 1.165) is 24.0 Å². The molecule has 0 spiro atoms. The first-order chi connectivity index (χ1) is 9.09. The molecule has 2 N–H and O–H groups in total. The second-order valence-electron chi connectivity index (χ2n) is 4.79. The van der Waals surface area contributed by atoms with Gasteiger partial charge in [-0.3, -0.25) is 4.79 Å². The summed E-state index contributed by atoms with van der Waals surface area (Å²) in [6.45, 7) is -0.408. The molecule has 0 aromatic heterocycles. The summed E-state index contributed by atoms with van der Waals surface area (Å²) in [6.07, 6.45) is -2.07. The number of halogens is 2. The quantitative estimate of drug-likeness (QED) is 0.876. The number of benzene rings is 1. The summed E-state index contributed by atoms with van der Waals surface area (Å²) < 4.78 is 24.3. The molecule has 0 radical (unpaired) electrons. The molecule has 2 rings (SSSR count). The molecule has 1 aromatic carbocycles. The minimum absolute atomic E-state index is 0.285. The van der Waals surface area contributed by atoms with Gasteiger partial charge in [-0.1, -0.05) is 24.3 Å². The van der Waals surface area contributed by atoms with Gasteiger partial charge in [0.15, 0.2) is 0 Å². The molecule has 0 saturated heterocycles. The number of amides is 1. The van der Waals surface area contributed by atoms with E-state index in [-0.39, 0.29) is 11.8 Å². The zero-order chi connectivity index (χ0) is 13.8. The van der Waals surface area contributed by atoms with E-state index in [1.807, 2.05) is 24.3 Å². The highest BCUT2D eigenvalue weighted by molar-refractivity contribution is 5.84. The van der Waals surface area contributed by atoms with Gasteiger partial charge in [0.1, 0.15) is 6.10 Å². The molecule has 3 nitrogen and oxygen atoms in total. The molecule has 0 heterocycles. The van der Waals surface area contributed by atoms with Gasteiger partial charge < -0.3 is 10.4 Å². The van der Waals surface area contributed by atoms with Gasteiger partial charge in [0.25, 0.3) is 6.43 Å². The topological polar surface area (TPSA) is 49.3 Å². The van der Waals surface area contributed by atoms with E-state index in [1.165, 1.54) is 0 Å². The van der Waals surface area contributed by atoms with Crippen LogP contribution in [-0.4, -0.2) is 30.1 Å². The highest BCUT2D eigenvalue weighted by Crippen LogP contribution is 2.31. The van der Waals surface area contributed by atoms with Gasteiger partial charge in [0.05, 0.1) is 5.92 Å². The van der Waals surface area contributed by atoms with Crippen LogP contribution in [0.1, 0.15) is 29.9 Å². The van der Waals surface area contributed by atoms with Gasteiger partial charge in [-0.25, -0.2) is 8.78 Å². The first-order valence-electron chi connectivity index (χ1n) is 6.41. The Bertz CT molecular complexity index is 451. The summed E-state index contributed by atoms with van der Waals surface area (Å²) in [4.78, 5) is 12.0. The van der Waals surface area contributed by atoms with Crippen LogP contribution >= 0.6 is 0 Å². The molecular formula is C14H17F2NO2. The Morgan fingerprint density at radius 1 is 1.42 bits per heavy atom. The number of hydrogen-bond acceptors (Lipinski definition) is 2. The van der Waals surface area contributed by atoms with Gasteiger partial charge in [-0.15, -0.1) is 0 Å². The molecule has 5 heteroatoms. The lowest BCUT2D eigenvalue weighted by Gasteiger charge is -2.25. The first-order valence-corrected chi connectivity index (χ1v) is 6.41. The zero-order valence-corrected chi connectivity index (χ0v) is 10.5. The first kappa shape index (κ1) is 13.9. The van der Waals surface area contributed by atoms with Gasteiger partial charge in [0.2, 0.25) is 5.91 Å². The van der Waals surface area contributed by atoms with Crippen LogP contribution in [-0.2, 0) is 11.2 Å². The number of aryl methyl sites for hydroxylation is 1. The lowest BCUT2D eigenvalue weighted by atomic mass is 9.82. The van der Waals surface area contributed by atoms with Crippen molar-refractivity contribution in [3.63, 3.8) is 0 Å². The van der Waals surface area contributed by atoms with Crippen LogP contribution in [0.15, 0.2) is 24.3 Å². The zero-order valence-electron chi connectivity index (χ0n) is 10.5. The van der Waals surface area contributed by atoms with E-state index in [0.29, 0.717) is 6.42 Å². The number of aliphatic hydroxyl groups is 1. The van der Waals surface area contributed by atoms with Crippen molar-refractivity contribution in [2.45, 2.75) is 37.7 Å². The van der Waals surface area contributed by atoms with Crippen LogP contribution in [0, 0.1) is 0 Å². The third kappa shape index (κ3) is 3.29. The number of alkyl halides is 2. The average Bonchev–Trinajstić information content (AvgIpc) is 2.43. The molecule has 1 aliphatic rings. The molecule has 104 valence electrons. The normalized spacial score (nSPS) is 19.9. The van der Waals surface area contributed by atoms with Crippen molar-refractivity contribution < 1.29 is 18.7 Å². The van der Waals surface area contributed by atoms with Gasteiger partial charge in [-0.2, -0.15) is 0 Å². The lowest BCUT2D eigenvalue weighted by molar-refractivity contribution is -0.123. The molecule has 19 heavy (non-hydrogen) atoms. The second kappa shape index (κ2) is 6.10. The molecule has 0 saturated carbocycles. The Labute approximate surface area is 110 Å². The summed E-state index contributed by atoms with van der Waals surface area (Å²) in [5.41, 5.74) is 2.11. The summed E-state index contributed by atoms with van der Waals surface area (Å²) in [6, 6.07) is 7.70. The van der Waals surface area contributed by atoms with Crippen LogP contribution in [0.25, 0.3) is 0 Å². The van der Waals surface area contributed by atoms with Crippen molar-refractivity contribution in [1.29, 1.82) is 0 Å². The maximum absolute atomic E-state index is 12.2. The fourth-order valence-corrected chi connectivity index (χ4v) is 2.44. The Morgan fingerprint density at radius 3 is 2.89 bits per heavy atom. The molecule has 1 aliphatic carbocycles. The summed E-state index contributed by atoms with van der Waals surface area (Å²) in [7, 11) is 0. The standard InChI is InChI=1S/C14H17F2NO2/c15-13(16)12(18)8-17-14(19)11-7-3-5-9-4-1-2-6-10(9)11/h1-2,4,6,11-13,18H,3,5,7-8H2,(H,17,19). The third-order valence-corrected chi connectivity index (χ3v) is 3.46. The van der Waals surface area contributed by atoms with Crippen LogP contribution < -0.4 is 5.32 Å². The molecule has 2 unspecified atom stereocenters. The molecule has 0 fully saturated rings. The largest absolute Gasteiger partial charge is 0.385 e. The predicted octanol–water partition coefficient (Wildman–Crippen LogP) is 1.85. The number of fused-ring (bicyclic) bond motifs is 1. The minimum Gasteiger partial charge on any atom is -0.385 e. The number of rotatable bonds is 4. The Balaban J connectivity index is 2.01. The van der Waals surface area contributed by atoms with E-state index >= 15 is 0 Å². The number of nitrogens with one attached hydrogen (secondary N) is 1. The maximum atomic E-state index is 12.2. The van der Waals surface area contributed by atoms with Crippen LogP contribution in [0.4, 0.5) is 8.78 Å². The summed E-state index contributed by atoms with van der Waals surface area (Å²) in [5, 5.41) is 11.4. The van der Waals surface area contributed by atoms with E-state index in [1.54, 1.807) is 0 Å². The number of carbonyl (C=O) groups is 1. The Hall–Kier alpha value is -1.49. The van der Waals surface area contributed by atoms with Crippen molar-refractivity contribution in [3.05, 3.63) is 35.4 Å². The molecular weight excluding hydrogens is 252 g/mol. The SMILES string of the molecule is O=C(NCC(O)C(F)F)C1CCCc2ccccc21. The maximum Gasteiger partial charge on any atom is 0.265 e. The molecule has 1 aromatic rings. The Morgan fingerprint density at radius 2 is 2.16 bits per heavy atom. The van der Waals surface area contributed by atoms with Crippen molar-refractivity contribution in [1.82, 2.24) is 5.32 Å². The van der Waals surface area contributed by atoms with E-state index in [4.69, 9.17) is 5.11 Å². The minimum atomic E-state index is -2.83. The second-order valence-corrected chi connectivity index (χ2v) is 4.79. The third-order valence-electron chi connectivity index (χ3n) is 3.46. The molecule has 0 bridgehead atoms. The monoisotopic (exact) mass is 269 g/mol. The van der Waals surface area contributed by atoms with Gasteiger partial charge in [0, 0.05) is 6.54 Å². The van der Waals surface area contributed by atoms with E-state index in [2.05, 4.69) is 5.32 Å². The lowest BCUT2D eigenvalue weighted by Crippen LogP contribution is -2.39. The van der Waals surface area contributed by atoms with Gasteiger partial charge >= 0.3 is 0 Å². The molecule has 0 aliphatic heterocycles. The molecule has 1 amide bonds. The molecule has 2 atom stereocenters. The van der Waals surface area contributed by atoms with Crippen LogP contribution in [0.5, 0.6) is 0 Å². The number of aliphatic hydroxyl groups excluding tert-OH is 1. The van der Waals surface area contributed by atoms with E-state index in [9.17, 15) is 13.6 Å². The van der Waals surface area contributed by atoms with E-state index < -0.39 is 19.1 Å². The fraction of sp³-hybridized carbons (Fsp3) is 0.500. The highest BCUT2D eigenvalue weighted by Gasteiger charge is 2.27. The van der Waals surface area contributed by atoms with Crippen LogP contribution in [0.2, 0.25) is 0 Å². The van der Waals surface area contributed by atoms with Crippen molar-refractivity contribution >= 4 is 5.91 Å². The van der Waals surface area contributed by atoms with Crippen molar-refractivity contribution in [3.8, 4) is 0 Å². The summed E-state index contributed by atoms with van der Waals surface area (Å²) >= 11 is 0. The van der Waals surface area contributed by atoms with Crippen LogP contribution in [0.3, 0.4) is 0 Å². The van der Waals surface area contributed by atoms with Crippen molar-refractivity contribution in [2.24, 2.45) is 0 Å². The Kier molecular flexibility index (Phi) is 4.47. The number of carbonyl (C=O) groups excluding carboxylic acids is 1.